The molecule has 0 bridgehead atoms. The Labute approximate surface area is 117 Å². The van der Waals surface area contributed by atoms with E-state index in [-0.39, 0.29) is 5.75 Å². The molecule has 0 fully saturated rings. The van der Waals surface area contributed by atoms with Crippen LogP contribution in [-0.4, -0.2) is 27.9 Å². The maximum atomic E-state index is 11.8. The molecule has 0 radical (unpaired) electrons. The summed E-state index contributed by atoms with van der Waals surface area (Å²) in [6, 6.07) is 5.57. The molecule has 6 nitrogen and oxygen atoms in total. The molecule has 0 saturated heterocycles. The van der Waals surface area contributed by atoms with E-state index >= 15 is 0 Å². The van der Waals surface area contributed by atoms with E-state index < -0.39 is 23.2 Å². The van der Waals surface area contributed by atoms with Crippen molar-refractivity contribution in [2.45, 2.75) is 38.8 Å². The zero-order chi connectivity index (χ0) is 15.6. The van der Waals surface area contributed by atoms with Gasteiger partial charge in [0.25, 0.3) is 0 Å². The van der Waals surface area contributed by atoms with Gasteiger partial charge in [-0.3, -0.25) is 0 Å². The van der Waals surface area contributed by atoms with Crippen LogP contribution in [0.5, 0.6) is 5.75 Å². The molecular formula is C14H19NO5. The fourth-order valence-corrected chi connectivity index (χ4v) is 1.55. The number of phenolic OH excluding ortho intramolecular Hbond substituents is 1. The number of carbonyl (C=O) groups is 2. The molecule has 0 heterocycles. The summed E-state index contributed by atoms with van der Waals surface area (Å²) in [6.45, 7) is 6.41. The number of rotatable bonds is 3. The van der Waals surface area contributed by atoms with Crippen LogP contribution >= 0.6 is 0 Å². The molecule has 3 N–H and O–H groups in total. The van der Waals surface area contributed by atoms with Crippen molar-refractivity contribution < 1.29 is 24.5 Å². The molecule has 0 aromatic heterocycles. The zero-order valence-electron chi connectivity index (χ0n) is 11.9. The van der Waals surface area contributed by atoms with E-state index in [2.05, 4.69) is 5.32 Å². The Morgan fingerprint density at radius 1 is 1.10 bits per heavy atom. The summed E-state index contributed by atoms with van der Waals surface area (Å²) < 4.78 is 5.07. The lowest BCUT2D eigenvalue weighted by Crippen LogP contribution is -2.50. The van der Waals surface area contributed by atoms with Crippen molar-refractivity contribution in [3.8, 4) is 5.75 Å². The lowest BCUT2D eigenvalue weighted by molar-refractivity contribution is -0.144. The van der Waals surface area contributed by atoms with E-state index in [1.165, 1.54) is 31.2 Å². The van der Waals surface area contributed by atoms with Crippen LogP contribution in [0.15, 0.2) is 24.3 Å². The summed E-state index contributed by atoms with van der Waals surface area (Å²) >= 11 is 0. The van der Waals surface area contributed by atoms with E-state index in [4.69, 9.17) is 4.74 Å². The molecule has 20 heavy (non-hydrogen) atoms. The van der Waals surface area contributed by atoms with Crippen LogP contribution in [0.25, 0.3) is 0 Å². The summed E-state index contributed by atoms with van der Waals surface area (Å²) in [5.74, 6) is -1.21. The standard InChI is InChI=1S/C14H19NO5/c1-13(2,3)20-12(19)15-14(4,11(17)18)9-5-7-10(16)8-6-9/h5-8,16H,1-4H3,(H,15,19)(H,17,18)/t14-/m1/s1. The lowest BCUT2D eigenvalue weighted by atomic mass is 9.92. The van der Waals surface area contributed by atoms with Gasteiger partial charge in [0.2, 0.25) is 0 Å². The fourth-order valence-electron chi connectivity index (χ4n) is 1.55. The highest BCUT2D eigenvalue weighted by Gasteiger charge is 2.38. The van der Waals surface area contributed by atoms with Crippen molar-refractivity contribution in [1.29, 1.82) is 0 Å². The highest BCUT2D eigenvalue weighted by molar-refractivity contribution is 5.85. The Balaban J connectivity index is 3.01. The second-order valence-corrected chi connectivity index (χ2v) is 5.60. The summed E-state index contributed by atoms with van der Waals surface area (Å²) in [5, 5.41) is 20.9. The van der Waals surface area contributed by atoms with Gasteiger partial charge in [-0.25, -0.2) is 9.59 Å². The van der Waals surface area contributed by atoms with Gasteiger partial charge in [0, 0.05) is 0 Å². The fraction of sp³-hybridized carbons (Fsp3) is 0.429. The van der Waals surface area contributed by atoms with E-state index in [0.29, 0.717) is 5.56 Å². The third-order valence-corrected chi connectivity index (χ3v) is 2.62. The minimum atomic E-state index is -1.64. The average molecular weight is 281 g/mol. The third-order valence-electron chi connectivity index (χ3n) is 2.62. The van der Waals surface area contributed by atoms with Gasteiger partial charge in [-0.1, -0.05) is 12.1 Å². The minimum Gasteiger partial charge on any atom is -0.508 e. The van der Waals surface area contributed by atoms with Crippen molar-refractivity contribution in [3.05, 3.63) is 29.8 Å². The van der Waals surface area contributed by atoms with E-state index in [0.717, 1.165) is 0 Å². The Morgan fingerprint density at radius 2 is 1.60 bits per heavy atom. The van der Waals surface area contributed by atoms with E-state index in [1.807, 2.05) is 0 Å². The van der Waals surface area contributed by atoms with Crippen LogP contribution in [0.3, 0.4) is 0 Å². The predicted octanol–water partition coefficient (Wildman–Crippen LogP) is 2.22. The number of carbonyl (C=O) groups excluding carboxylic acids is 1. The largest absolute Gasteiger partial charge is 0.508 e. The summed E-state index contributed by atoms with van der Waals surface area (Å²) in [5.41, 5.74) is -2.04. The molecule has 1 atom stereocenters. The molecule has 0 unspecified atom stereocenters. The van der Waals surface area contributed by atoms with E-state index in [1.54, 1.807) is 20.8 Å². The molecule has 1 amide bonds. The van der Waals surface area contributed by atoms with Crippen LogP contribution in [0.2, 0.25) is 0 Å². The number of ether oxygens (including phenoxy) is 1. The normalized spacial score (nSPS) is 14.2. The van der Waals surface area contributed by atoms with E-state index in [9.17, 15) is 19.8 Å². The van der Waals surface area contributed by atoms with Gasteiger partial charge >= 0.3 is 12.1 Å². The molecule has 110 valence electrons. The first-order valence-electron chi connectivity index (χ1n) is 6.09. The number of aliphatic carboxylic acids is 1. The predicted molar refractivity (Wildman–Crippen MR) is 72.5 cm³/mol. The molecule has 1 rings (SSSR count). The quantitative estimate of drug-likeness (QED) is 0.789. The number of nitrogens with one attached hydrogen (secondary N) is 1. The molecule has 0 aliphatic carbocycles. The number of alkyl carbamates (subject to hydrolysis) is 1. The second-order valence-electron chi connectivity index (χ2n) is 5.60. The Morgan fingerprint density at radius 3 is 2.00 bits per heavy atom. The zero-order valence-corrected chi connectivity index (χ0v) is 11.9. The number of amides is 1. The van der Waals surface area contributed by atoms with Crippen LogP contribution in [0, 0.1) is 0 Å². The van der Waals surface area contributed by atoms with Crippen molar-refractivity contribution in [2.75, 3.05) is 0 Å². The van der Waals surface area contributed by atoms with Gasteiger partial charge in [-0.15, -0.1) is 0 Å². The molecule has 1 aromatic carbocycles. The maximum Gasteiger partial charge on any atom is 0.408 e. The first-order chi connectivity index (χ1) is 9.04. The van der Waals surface area contributed by atoms with Crippen LogP contribution < -0.4 is 5.32 Å². The first kappa shape index (κ1) is 15.8. The van der Waals surface area contributed by atoms with Gasteiger partial charge in [0.1, 0.15) is 11.4 Å². The molecule has 6 heteroatoms. The molecule has 0 aliphatic heterocycles. The number of phenols is 1. The minimum absolute atomic E-state index is 0.0127. The second kappa shape index (κ2) is 5.40. The highest BCUT2D eigenvalue weighted by atomic mass is 16.6. The number of benzene rings is 1. The van der Waals surface area contributed by atoms with Crippen LogP contribution in [-0.2, 0) is 15.1 Å². The molecule has 0 aliphatic rings. The first-order valence-corrected chi connectivity index (χ1v) is 6.09. The van der Waals surface area contributed by atoms with Crippen LogP contribution in [0.1, 0.15) is 33.3 Å². The summed E-state index contributed by atoms with van der Waals surface area (Å²) in [4.78, 5) is 23.2. The molecule has 1 aromatic rings. The number of carboxylic acid groups (broad SMARTS) is 1. The van der Waals surface area contributed by atoms with Crippen LogP contribution in [0.4, 0.5) is 4.79 Å². The monoisotopic (exact) mass is 281 g/mol. The number of carboxylic acids is 1. The SMILES string of the molecule is CC(C)(C)OC(=O)N[C@@](C)(C(=O)O)c1ccc(O)cc1. The maximum absolute atomic E-state index is 11.8. The molecule has 0 saturated carbocycles. The summed E-state index contributed by atoms with van der Waals surface area (Å²) in [7, 11) is 0. The topological polar surface area (TPSA) is 95.9 Å². The highest BCUT2D eigenvalue weighted by Crippen LogP contribution is 2.24. The smallest absolute Gasteiger partial charge is 0.408 e. The molecule has 0 spiro atoms. The Hall–Kier alpha value is -2.24. The van der Waals surface area contributed by atoms with Gasteiger partial charge in [-0.05, 0) is 45.4 Å². The van der Waals surface area contributed by atoms with Gasteiger partial charge in [0.05, 0.1) is 0 Å². The van der Waals surface area contributed by atoms with Gasteiger partial charge in [-0.2, -0.15) is 0 Å². The Kier molecular flexibility index (Phi) is 4.27. The third kappa shape index (κ3) is 3.88. The van der Waals surface area contributed by atoms with Crippen molar-refractivity contribution in [3.63, 3.8) is 0 Å². The number of hydrogen-bond acceptors (Lipinski definition) is 4. The lowest BCUT2D eigenvalue weighted by Gasteiger charge is -2.28. The van der Waals surface area contributed by atoms with Crippen molar-refractivity contribution in [2.24, 2.45) is 0 Å². The van der Waals surface area contributed by atoms with Gasteiger partial charge < -0.3 is 20.3 Å². The number of hydrogen-bond donors (Lipinski definition) is 3. The van der Waals surface area contributed by atoms with Crippen molar-refractivity contribution >= 4 is 12.1 Å². The average Bonchev–Trinajstić information content (AvgIpc) is 2.26. The molecular weight excluding hydrogens is 262 g/mol. The Bertz CT molecular complexity index is 503. The van der Waals surface area contributed by atoms with Gasteiger partial charge in [0.15, 0.2) is 5.54 Å². The summed E-state index contributed by atoms with van der Waals surface area (Å²) in [6.07, 6.45) is -0.824. The number of aromatic hydroxyl groups is 1. The van der Waals surface area contributed by atoms with Crippen molar-refractivity contribution in [1.82, 2.24) is 5.32 Å².